The van der Waals surface area contributed by atoms with Crippen LogP contribution in [-0.2, 0) is 9.53 Å². The zero-order valence-electron chi connectivity index (χ0n) is 15.3. The summed E-state index contributed by atoms with van der Waals surface area (Å²) >= 11 is 0. The molecule has 0 spiro atoms. The van der Waals surface area contributed by atoms with Gasteiger partial charge in [-0.25, -0.2) is 4.79 Å². The standard InChI is InChI=1S/C21H21NO5/c1-14(20(24)15-9-11-16(26-2)12-10-15)27-21(25)17-6-3-4-7-18(17)22-13-5-8-19(22)23/h3-4,6-7,9-12,14H,5,8,13H2,1-2H3/t14-/m1/s1. The highest BCUT2D eigenvalue weighted by Gasteiger charge is 2.28. The van der Waals surface area contributed by atoms with Gasteiger partial charge in [-0.3, -0.25) is 9.59 Å². The minimum absolute atomic E-state index is 0.0161. The van der Waals surface area contributed by atoms with Gasteiger partial charge in [-0.05, 0) is 49.7 Å². The first-order chi connectivity index (χ1) is 13.0. The molecule has 1 saturated heterocycles. The predicted octanol–water partition coefficient (Wildman–Crippen LogP) is 3.25. The van der Waals surface area contributed by atoms with E-state index in [0.29, 0.717) is 30.0 Å². The molecule has 1 aliphatic heterocycles. The molecule has 1 heterocycles. The van der Waals surface area contributed by atoms with Crippen molar-refractivity contribution >= 4 is 23.3 Å². The van der Waals surface area contributed by atoms with Gasteiger partial charge >= 0.3 is 5.97 Å². The Hall–Kier alpha value is -3.15. The van der Waals surface area contributed by atoms with Crippen LogP contribution in [0.4, 0.5) is 5.69 Å². The number of ketones is 1. The Balaban J connectivity index is 1.75. The quantitative estimate of drug-likeness (QED) is 0.579. The minimum Gasteiger partial charge on any atom is -0.497 e. The summed E-state index contributed by atoms with van der Waals surface area (Å²) in [5.74, 6) is -0.307. The largest absolute Gasteiger partial charge is 0.497 e. The molecule has 1 atom stereocenters. The summed E-state index contributed by atoms with van der Waals surface area (Å²) < 4.78 is 10.5. The molecule has 0 radical (unpaired) electrons. The number of amides is 1. The molecular formula is C21H21NO5. The number of anilines is 1. The SMILES string of the molecule is COc1ccc(C(=O)[C@@H](C)OC(=O)c2ccccc2N2CCCC2=O)cc1. The Kier molecular flexibility index (Phi) is 5.54. The van der Waals surface area contributed by atoms with Crippen molar-refractivity contribution in [2.24, 2.45) is 0 Å². The number of esters is 1. The first-order valence-corrected chi connectivity index (χ1v) is 8.80. The van der Waals surface area contributed by atoms with Gasteiger partial charge in [0.2, 0.25) is 11.7 Å². The van der Waals surface area contributed by atoms with Crippen molar-refractivity contribution in [1.29, 1.82) is 0 Å². The number of benzene rings is 2. The topological polar surface area (TPSA) is 72.9 Å². The molecule has 6 nitrogen and oxygen atoms in total. The zero-order valence-corrected chi connectivity index (χ0v) is 15.3. The van der Waals surface area contributed by atoms with E-state index >= 15 is 0 Å². The normalized spacial score (nSPS) is 14.7. The third kappa shape index (κ3) is 4.00. The first-order valence-electron chi connectivity index (χ1n) is 8.80. The average molecular weight is 367 g/mol. The Labute approximate surface area is 157 Å². The van der Waals surface area contributed by atoms with Crippen molar-refractivity contribution in [1.82, 2.24) is 0 Å². The van der Waals surface area contributed by atoms with Gasteiger partial charge in [-0.2, -0.15) is 0 Å². The highest BCUT2D eigenvalue weighted by molar-refractivity contribution is 6.05. The fourth-order valence-electron chi connectivity index (χ4n) is 3.05. The van der Waals surface area contributed by atoms with Crippen LogP contribution < -0.4 is 9.64 Å². The van der Waals surface area contributed by atoms with E-state index in [1.54, 1.807) is 60.5 Å². The van der Waals surface area contributed by atoms with Crippen LogP contribution in [-0.4, -0.2) is 37.4 Å². The van der Waals surface area contributed by atoms with Gasteiger partial charge in [0.05, 0.1) is 18.4 Å². The number of para-hydroxylation sites is 1. The van der Waals surface area contributed by atoms with E-state index in [1.165, 1.54) is 6.92 Å². The lowest BCUT2D eigenvalue weighted by Crippen LogP contribution is -2.28. The lowest BCUT2D eigenvalue weighted by molar-refractivity contribution is -0.117. The van der Waals surface area contributed by atoms with E-state index in [-0.39, 0.29) is 17.3 Å². The number of hydrogen-bond donors (Lipinski definition) is 0. The van der Waals surface area contributed by atoms with Gasteiger partial charge in [0.15, 0.2) is 6.10 Å². The van der Waals surface area contributed by atoms with E-state index in [2.05, 4.69) is 0 Å². The lowest BCUT2D eigenvalue weighted by Gasteiger charge is -2.20. The van der Waals surface area contributed by atoms with Crippen LogP contribution in [0.5, 0.6) is 5.75 Å². The number of carbonyl (C=O) groups is 3. The summed E-state index contributed by atoms with van der Waals surface area (Å²) in [6, 6.07) is 13.4. The maximum atomic E-state index is 12.6. The smallest absolute Gasteiger partial charge is 0.340 e. The van der Waals surface area contributed by atoms with Gasteiger partial charge in [0.1, 0.15) is 5.75 Å². The van der Waals surface area contributed by atoms with Crippen LogP contribution in [0.25, 0.3) is 0 Å². The Morgan fingerprint density at radius 3 is 2.41 bits per heavy atom. The Morgan fingerprint density at radius 1 is 1.07 bits per heavy atom. The summed E-state index contributed by atoms with van der Waals surface area (Å²) in [5.41, 5.74) is 1.23. The highest BCUT2D eigenvalue weighted by Crippen LogP contribution is 2.26. The van der Waals surface area contributed by atoms with Crippen molar-refractivity contribution in [3.63, 3.8) is 0 Å². The second-order valence-corrected chi connectivity index (χ2v) is 6.31. The highest BCUT2D eigenvalue weighted by atomic mass is 16.5. The Morgan fingerprint density at radius 2 is 1.78 bits per heavy atom. The average Bonchev–Trinajstić information content (AvgIpc) is 3.13. The number of Topliss-reactive ketones (excluding diaryl/α,β-unsaturated/α-hetero) is 1. The second-order valence-electron chi connectivity index (χ2n) is 6.31. The van der Waals surface area contributed by atoms with Crippen molar-refractivity contribution in [3.8, 4) is 5.75 Å². The number of nitrogens with zero attached hydrogens (tertiary/aromatic N) is 1. The molecule has 2 aromatic carbocycles. The van der Waals surface area contributed by atoms with Crippen LogP contribution >= 0.6 is 0 Å². The summed E-state index contributed by atoms with van der Waals surface area (Å²) in [6.45, 7) is 2.11. The van der Waals surface area contributed by atoms with Crippen molar-refractivity contribution in [3.05, 3.63) is 59.7 Å². The second kappa shape index (κ2) is 8.03. The molecule has 2 aromatic rings. The molecule has 27 heavy (non-hydrogen) atoms. The third-order valence-electron chi connectivity index (χ3n) is 4.52. The molecule has 0 N–H and O–H groups in total. The first kappa shape index (κ1) is 18.6. The molecule has 1 amide bonds. The van der Waals surface area contributed by atoms with Gasteiger partial charge in [-0.1, -0.05) is 12.1 Å². The fourth-order valence-corrected chi connectivity index (χ4v) is 3.05. The van der Waals surface area contributed by atoms with Gasteiger partial charge < -0.3 is 14.4 Å². The van der Waals surface area contributed by atoms with Crippen molar-refractivity contribution in [2.75, 3.05) is 18.6 Å². The van der Waals surface area contributed by atoms with E-state index < -0.39 is 12.1 Å². The fraction of sp³-hybridized carbons (Fsp3) is 0.286. The molecule has 6 heteroatoms. The molecule has 0 bridgehead atoms. The predicted molar refractivity (Wildman–Crippen MR) is 100 cm³/mol. The number of ether oxygens (including phenoxy) is 2. The van der Waals surface area contributed by atoms with E-state index in [0.717, 1.165) is 6.42 Å². The molecule has 3 rings (SSSR count). The maximum absolute atomic E-state index is 12.6. The number of hydrogen-bond acceptors (Lipinski definition) is 5. The van der Waals surface area contributed by atoms with Crippen LogP contribution in [0.3, 0.4) is 0 Å². The van der Waals surface area contributed by atoms with Crippen molar-refractivity contribution < 1.29 is 23.9 Å². The van der Waals surface area contributed by atoms with Crippen LogP contribution in [0.2, 0.25) is 0 Å². The van der Waals surface area contributed by atoms with Crippen LogP contribution in [0.1, 0.15) is 40.5 Å². The Bertz CT molecular complexity index is 859. The number of methoxy groups -OCH3 is 1. The maximum Gasteiger partial charge on any atom is 0.340 e. The van der Waals surface area contributed by atoms with Crippen molar-refractivity contribution in [2.45, 2.75) is 25.9 Å². The van der Waals surface area contributed by atoms with Crippen LogP contribution in [0, 0.1) is 0 Å². The molecule has 0 aromatic heterocycles. The summed E-state index contributed by atoms with van der Waals surface area (Å²) in [4.78, 5) is 38.8. The van der Waals surface area contributed by atoms with Gasteiger partial charge in [0.25, 0.3) is 0 Å². The summed E-state index contributed by atoms with van der Waals surface area (Å²) in [6.07, 6.45) is 0.276. The summed E-state index contributed by atoms with van der Waals surface area (Å²) in [5, 5.41) is 0. The lowest BCUT2D eigenvalue weighted by atomic mass is 10.1. The van der Waals surface area contributed by atoms with Gasteiger partial charge in [-0.15, -0.1) is 0 Å². The minimum atomic E-state index is -0.951. The number of carbonyl (C=O) groups excluding carboxylic acids is 3. The molecule has 0 unspecified atom stereocenters. The molecule has 0 saturated carbocycles. The molecule has 1 aliphatic rings. The monoisotopic (exact) mass is 367 g/mol. The number of rotatable bonds is 6. The molecule has 1 fully saturated rings. The van der Waals surface area contributed by atoms with E-state index in [4.69, 9.17) is 9.47 Å². The molecular weight excluding hydrogens is 346 g/mol. The van der Waals surface area contributed by atoms with E-state index in [9.17, 15) is 14.4 Å². The summed E-state index contributed by atoms with van der Waals surface area (Å²) in [7, 11) is 1.55. The molecule has 140 valence electrons. The molecule has 0 aliphatic carbocycles. The zero-order chi connectivity index (χ0) is 19.4. The van der Waals surface area contributed by atoms with E-state index in [1.807, 2.05) is 0 Å². The van der Waals surface area contributed by atoms with Crippen LogP contribution in [0.15, 0.2) is 48.5 Å². The van der Waals surface area contributed by atoms with Gasteiger partial charge in [0, 0.05) is 18.5 Å². The third-order valence-corrected chi connectivity index (χ3v) is 4.52.